The van der Waals surface area contributed by atoms with Gasteiger partial charge in [-0.1, -0.05) is 20.3 Å². The maximum Gasteiger partial charge on any atom is 0.252 e. The predicted octanol–water partition coefficient (Wildman–Crippen LogP) is 2.19. The third-order valence-corrected chi connectivity index (χ3v) is 4.33. The van der Waals surface area contributed by atoms with Gasteiger partial charge < -0.3 is 15.4 Å². The van der Waals surface area contributed by atoms with Gasteiger partial charge in [0, 0.05) is 18.0 Å². The van der Waals surface area contributed by atoms with Crippen molar-refractivity contribution in [2.24, 2.45) is 5.92 Å². The van der Waals surface area contributed by atoms with E-state index in [1.165, 1.54) is 24.3 Å². The Balaban J connectivity index is 2.30. The first-order valence-corrected chi connectivity index (χ1v) is 7.57. The number of fused-ring (bicyclic) bond motifs is 1. The summed E-state index contributed by atoms with van der Waals surface area (Å²) in [6, 6.07) is 5.02. The van der Waals surface area contributed by atoms with Crippen LogP contribution in [0.1, 0.15) is 37.6 Å². The van der Waals surface area contributed by atoms with Crippen LogP contribution in [0, 0.1) is 11.7 Å². The van der Waals surface area contributed by atoms with Crippen LogP contribution in [-0.4, -0.2) is 28.1 Å². The van der Waals surface area contributed by atoms with E-state index < -0.39 is 22.9 Å². The fraction of sp³-hybridized carbons (Fsp3) is 0.412. The molecule has 1 aromatic heterocycles. The second-order valence-corrected chi connectivity index (χ2v) is 6.09. The zero-order chi connectivity index (χ0) is 17.2. The van der Waals surface area contributed by atoms with Crippen molar-refractivity contribution in [2.75, 3.05) is 6.54 Å². The number of carbonyl (C=O) groups excluding carboxylic acids is 1. The monoisotopic (exact) mass is 320 g/mol. The van der Waals surface area contributed by atoms with E-state index in [4.69, 9.17) is 0 Å². The second kappa shape index (κ2) is 6.50. The zero-order valence-electron chi connectivity index (χ0n) is 13.4. The molecule has 3 N–H and O–H groups in total. The molecule has 1 aromatic carbocycles. The van der Waals surface area contributed by atoms with Crippen molar-refractivity contribution >= 4 is 16.8 Å². The van der Waals surface area contributed by atoms with Crippen LogP contribution >= 0.6 is 0 Å². The van der Waals surface area contributed by atoms with Crippen LogP contribution in [0.3, 0.4) is 0 Å². The van der Waals surface area contributed by atoms with Gasteiger partial charge in [-0.3, -0.25) is 9.59 Å². The Kier molecular flexibility index (Phi) is 4.85. The van der Waals surface area contributed by atoms with Gasteiger partial charge >= 0.3 is 0 Å². The molecule has 1 amide bonds. The number of benzene rings is 1. The lowest BCUT2D eigenvalue weighted by Crippen LogP contribution is -2.45. The summed E-state index contributed by atoms with van der Waals surface area (Å²) in [5.41, 5.74) is -1.12. The summed E-state index contributed by atoms with van der Waals surface area (Å²) in [7, 11) is 0. The molecule has 0 radical (unpaired) electrons. The van der Waals surface area contributed by atoms with E-state index in [0.717, 1.165) is 6.42 Å². The van der Waals surface area contributed by atoms with Gasteiger partial charge in [0.1, 0.15) is 5.82 Å². The summed E-state index contributed by atoms with van der Waals surface area (Å²) < 4.78 is 13.3. The number of pyridine rings is 1. The standard InChI is InChI=1S/C17H21FN2O3/c1-4-10(2)17(3,23)9-19-16(22)13-8-15(21)20-14-7-11(18)5-6-12(13)14/h5-8,10,23H,4,9H2,1-3H3,(H,19,22)(H,20,21). The predicted molar refractivity (Wildman–Crippen MR) is 86.9 cm³/mol. The lowest BCUT2D eigenvalue weighted by molar-refractivity contribution is 0.00594. The van der Waals surface area contributed by atoms with Crippen LogP contribution in [-0.2, 0) is 0 Å². The van der Waals surface area contributed by atoms with E-state index in [1.807, 2.05) is 13.8 Å². The van der Waals surface area contributed by atoms with E-state index in [-0.39, 0.29) is 23.5 Å². The number of aromatic nitrogens is 1. The molecular weight excluding hydrogens is 299 g/mol. The summed E-state index contributed by atoms with van der Waals surface area (Å²) >= 11 is 0. The highest BCUT2D eigenvalue weighted by atomic mass is 19.1. The number of nitrogens with one attached hydrogen (secondary N) is 2. The molecule has 2 aromatic rings. The molecule has 2 atom stereocenters. The average Bonchev–Trinajstić information content (AvgIpc) is 2.50. The second-order valence-electron chi connectivity index (χ2n) is 6.09. The molecule has 6 heteroatoms. The molecule has 0 fully saturated rings. The highest BCUT2D eigenvalue weighted by Crippen LogP contribution is 2.20. The first-order chi connectivity index (χ1) is 10.7. The van der Waals surface area contributed by atoms with Gasteiger partial charge in [-0.25, -0.2) is 4.39 Å². The van der Waals surface area contributed by atoms with Crippen LogP contribution in [0.5, 0.6) is 0 Å². The van der Waals surface area contributed by atoms with Crippen molar-refractivity contribution in [3.63, 3.8) is 0 Å². The van der Waals surface area contributed by atoms with Gasteiger partial charge in [0.05, 0.1) is 16.7 Å². The topological polar surface area (TPSA) is 82.2 Å². The number of hydrogen-bond donors (Lipinski definition) is 3. The molecule has 5 nitrogen and oxygen atoms in total. The minimum absolute atomic E-state index is 0.00724. The normalized spacial score (nSPS) is 15.2. The van der Waals surface area contributed by atoms with Crippen LogP contribution in [0.15, 0.2) is 29.1 Å². The maximum atomic E-state index is 13.3. The fourth-order valence-electron chi connectivity index (χ4n) is 2.39. The van der Waals surface area contributed by atoms with Gasteiger partial charge in [-0.05, 0) is 31.0 Å². The molecule has 2 rings (SSSR count). The van der Waals surface area contributed by atoms with Crippen LogP contribution < -0.4 is 10.9 Å². The van der Waals surface area contributed by atoms with Crippen molar-refractivity contribution in [1.82, 2.24) is 10.3 Å². The number of hydrogen-bond acceptors (Lipinski definition) is 3. The van der Waals surface area contributed by atoms with Gasteiger partial charge in [-0.15, -0.1) is 0 Å². The van der Waals surface area contributed by atoms with E-state index in [1.54, 1.807) is 6.92 Å². The number of aliphatic hydroxyl groups is 1. The molecule has 0 saturated carbocycles. The van der Waals surface area contributed by atoms with Gasteiger partial charge in [0.25, 0.3) is 5.91 Å². The highest BCUT2D eigenvalue weighted by molar-refractivity contribution is 6.05. The summed E-state index contributed by atoms with van der Waals surface area (Å²) in [4.78, 5) is 26.6. The molecular formula is C17H21FN2O3. The van der Waals surface area contributed by atoms with Gasteiger partial charge in [0.15, 0.2) is 0 Å². The van der Waals surface area contributed by atoms with Crippen molar-refractivity contribution < 1.29 is 14.3 Å². The SMILES string of the molecule is CCC(C)C(C)(O)CNC(=O)c1cc(=O)[nH]c2cc(F)ccc12. The van der Waals surface area contributed by atoms with Crippen molar-refractivity contribution in [3.8, 4) is 0 Å². The first-order valence-electron chi connectivity index (χ1n) is 7.57. The molecule has 0 aliphatic carbocycles. The highest BCUT2D eigenvalue weighted by Gasteiger charge is 2.27. The first kappa shape index (κ1) is 17.1. The smallest absolute Gasteiger partial charge is 0.252 e. The van der Waals surface area contributed by atoms with Crippen molar-refractivity contribution in [1.29, 1.82) is 0 Å². The third-order valence-electron chi connectivity index (χ3n) is 4.33. The summed E-state index contributed by atoms with van der Waals surface area (Å²) in [5, 5.41) is 13.5. The number of amides is 1. The van der Waals surface area contributed by atoms with Gasteiger partial charge in [-0.2, -0.15) is 0 Å². The molecule has 0 bridgehead atoms. The lowest BCUT2D eigenvalue weighted by atomic mass is 9.88. The molecule has 2 unspecified atom stereocenters. The molecule has 1 heterocycles. The minimum Gasteiger partial charge on any atom is -0.388 e. The number of carbonyl (C=O) groups is 1. The Morgan fingerprint density at radius 3 is 2.78 bits per heavy atom. The van der Waals surface area contributed by atoms with Crippen LogP contribution in [0.25, 0.3) is 10.9 Å². The molecule has 0 aliphatic rings. The number of halogens is 1. The summed E-state index contributed by atoms with van der Waals surface area (Å²) in [6.45, 7) is 5.58. The number of H-pyrrole nitrogens is 1. The van der Waals surface area contributed by atoms with Crippen molar-refractivity contribution in [2.45, 2.75) is 32.8 Å². The Labute approximate surface area is 133 Å². The van der Waals surface area contributed by atoms with Crippen LogP contribution in [0.4, 0.5) is 4.39 Å². The largest absolute Gasteiger partial charge is 0.388 e. The molecule has 0 spiro atoms. The zero-order valence-corrected chi connectivity index (χ0v) is 13.4. The average molecular weight is 320 g/mol. The Bertz CT molecular complexity index is 783. The Morgan fingerprint density at radius 1 is 1.43 bits per heavy atom. The Morgan fingerprint density at radius 2 is 2.13 bits per heavy atom. The van der Waals surface area contributed by atoms with Crippen LogP contribution in [0.2, 0.25) is 0 Å². The van der Waals surface area contributed by atoms with E-state index in [2.05, 4.69) is 10.3 Å². The van der Waals surface area contributed by atoms with Gasteiger partial charge in [0.2, 0.25) is 5.56 Å². The quantitative estimate of drug-likeness (QED) is 0.790. The number of rotatable bonds is 5. The molecule has 0 saturated heterocycles. The fourth-order valence-corrected chi connectivity index (χ4v) is 2.39. The summed E-state index contributed by atoms with van der Waals surface area (Å²) in [5.74, 6) is -0.963. The molecule has 23 heavy (non-hydrogen) atoms. The lowest BCUT2D eigenvalue weighted by Gasteiger charge is -2.29. The van der Waals surface area contributed by atoms with E-state index >= 15 is 0 Å². The van der Waals surface area contributed by atoms with E-state index in [0.29, 0.717) is 5.39 Å². The maximum absolute atomic E-state index is 13.3. The number of aromatic amines is 1. The molecule has 0 aliphatic heterocycles. The van der Waals surface area contributed by atoms with E-state index in [9.17, 15) is 19.1 Å². The third kappa shape index (κ3) is 3.76. The molecule has 124 valence electrons. The van der Waals surface area contributed by atoms with Crippen molar-refractivity contribution in [3.05, 3.63) is 46.0 Å². The Hall–Kier alpha value is -2.21. The summed E-state index contributed by atoms with van der Waals surface area (Å²) in [6.07, 6.45) is 0.774. The minimum atomic E-state index is -1.05.